The van der Waals surface area contributed by atoms with Crippen molar-refractivity contribution in [3.05, 3.63) is 12.2 Å². The van der Waals surface area contributed by atoms with E-state index in [-0.39, 0.29) is 24.4 Å². The number of rotatable bonds is 8. The molecule has 0 aromatic rings. The van der Waals surface area contributed by atoms with Gasteiger partial charge >= 0.3 is 17.9 Å². The van der Waals surface area contributed by atoms with E-state index < -0.39 is 23.5 Å². The minimum atomic E-state index is -1.22. The highest BCUT2D eigenvalue weighted by Crippen LogP contribution is 2.30. The predicted molar refractivity (Wildman–Crippen MR) is 81.1 cm³/mol. The number of carboxylic acid groups (broad SMARTS) is 1. The second-order valence-electron chi connectivity index (χ2n) is 6.52. The SMILES string of the molecule is CC(C)C(=O)OCC(C)(C)C(OC(=O)C=CC(=O)O)C(C)C. The Labute approximate surface area is 131 Å². The summed E-state index contributed by atoms with van der Waals surface area (Å²) < 4.78 is 10.6. The molecule has 6 nitrogen and oxygen atoms in total. The molecule has 0 aromatic heterocycles. The molecule has 0 rings (SSSR count). The van der Waals surface area contributed by atoms with Crippen LogP contribution in [-0.2, 0) is 23.9 Å². The smallest absolute Gasteiger partial charge is 0.331 e. The van der Waals surface area contributed by atoms with Crippen LogP contribution in [0.25, 0.3) is 0 Å². The molecule has 22 heavy (non-hydrogen) atoms. The van der Waals surface area contributed by atoms with Gasteiger partial charge in [0.1, 0.15) is 6.10 Å². The van der Waals surface area contributed by atoms with Crippen LogP contribution in [0.1, 0.15) is 41.5 Å². The number of carboxylic acids is 1. The zero-order valence-electron chi connectivity index (χ0n) is 14.1. The summed E-state index contributed by atoms with van der Waals surface area (Å²) >= 11 is 0. The van der Waals surface area contributed by atoms with E-state index in [2.05, 4.69) is 0 Å². The molecular formula is C16H26O6. The maximum atomic E-state index is 11.7. The summed E-state index contributed by atoms with van der Waals surface area (Å²) in [6.07, 6.45) is 1.08. The number of carbonyl (C=O) groups is 3. The molecule has 0 saturated heterocycles. The van der Waals surface area contributed by atoms with Gasteiger partial charge in [0.25, 0.3) is 0 Å². The quantitative estimate of drug-likeness (QED) is 0.546. The average molecular weight is 314 g/mol. The highest BCUT2D eigenvalue weighted by atomic mass is 16.6. The van der Waals surface area contributed by atoms with Gasteiger partial charge in [0.15, 0.2) is 0 Å². The third-order valence-corrected chi connectivity index (χ3v) is 3.04. The maximum absolute atomic E-state index is 11.7. The summed E-state index contributed by atoms with van der Waals surface area (Å²) in [4.78, 5) is 33.7. The van der Waals surface area contributed by atoms with E-state index in [0.717, 1.165) is 12.2 Å². The third kappa shape index (κ3) is 7.24. The van der Waals surface area contributed by atoms with E-state index in [0.29, 0.717) is 0 Å². The number of hydrogen-bond acceptors (Lipinski definition) is 5. The lowest BCUT2D eigenvalue weighted by Crippen LogP contribution is -2.41. The molecule has 0 spiro atoms. The Bertz CT molecular complexity index is 434. The molecule has 0 amide bonds. The lowest BCUT2D eigenvalue weighted by molar-refractivity contribution is -0.163. The van der Waals surface area contributed by atoms with Gasteiger partial charge in [-0.2, -0.15) is 0 Å². The normalized spacial score (nSPS) is 13.5. The summed E-state index contributed by atoms with van der Waals surface area (Å²) in [7, 11) is 0. The minimum Gasteiger partial charge on any atom is -0.478 e. The van der Waals surface area contributed by atoms with Crippen LogP contribution in [-0.4, -0.2) is 35.7 Å². The molecule has 0 aliphatic rings. The molecular weight excluding hydrogens is 288 g/mol. The molecule has 1 N–H and O–H groups in total. The fraction of sp³-hybridized carbons (Fsp3) is 0.688. The van der Waals surface area contributed by atoms with Crippen LogP contribution in [0.4, 0.5) is 0 Å². The molecule has 0 bridgehead atoms. The average Bonchev–Trinajstić information content (AvgIpc) is 2.39. The van der Waals surface area contributed by atoms with Crippen LogP contribution in [0.5, 0.6) is 0 Å². The fourth-order valence-corrected chi connectivity index (χ4v) is 2.01. The Morgan fingerprint density at radius 3 is 2.05 bits per heavy atom. The van der Waals surface area contributed by atoms with Gasteiger partial charge in [-0.3, -0.25) is 4.79 Å². The second kappa shape index (κ2) is 8.56. The van der Waals surface area contributed by atoms with Crippen LogP contribution < -0.4 is 0 Å². The Hall–Kier alpha value is -1.85. The highest BCUT2D eigenvalue weighted by molar-refractivity contribution is 5.90. The predicted octanol–water partition coefficient (Wildman–Crippen LogP) is 2.42. The van der Waals surface area contributed by atoms with Crippen molar-refractivity contribution in [1.82, 2.24) is 0 Å². The van der Waals surface area contributed by atoms with E-state index in [1.807, 2.05) is 27.7 Å². The van der Waals surface area contributed by atoms with E-state index in [1.165, 1.54) is 0 Å². The van der Waals surface area contributed by atoms with Crippen LogP contribution in [0.3, 0.4) is 0 Å². The first-order valence-electron chi connectivity index (χ1n) is 7.25. The van der Waals surface area contributed by atoms with Gasteiger partial charge in [0, 0.05) is 17.6 Å². The molecule has 0 radical (unpaired) electrons. The lowest BCUT2D eigenvalue weighted by atomic mass is 9.81. The number of ether oxygens (including phenoxy) is 2. The van der Waals surface area contributed by atoms with E-state index in [1.54, 1.807) is 13.8 Å². The summed E-state index contributed by atoms with van der Waals surface area (Å²) in [5.74, 6) is -2.51. The van der Waals surface area contributed by atoms with E-state index in [4.69, 9.17) is 14.6 Å². The molecule has 126 valence electrons. The largest absolute Gasteiger partial charge is 0.478 e. The Morgan fingerprint density at radius 2 is 1.64 bits per heavy atom. The van der Waals surface area contributed by atoms with Crippen LogP contribution in [0.15, 0.2) is 12.2 Å². The van der Waals surface area contributed by atoms with Crippen LogP contribution >= 0.6 is 0 Å². The van der Waals surface area contributed by atoms with Crippen molar-refractivity contribution in [2.75, 3.05) is 6.61 Å². The first-order valence-corrected chi connectivity index (χ1v) is 7.25. The lowest BCUT2D eigenvalue weighted by Gasteiger charge is -2.35. The second-order valence-corrected chi connectivity index (χ2v) is 6.52. The van der Waals surface area contributed by atoms with Gasteiger partial charge in [0.05, 0.1) is 12.5 Å². The molecule has 1 unspecified atom stereocenters. The summed E-state index contributed by atoms with van der Waals surface area (Å²) in [6.45, 7) is 11.0. The van der Waals surface area contributed by atoms with Gasteiger partial charge in [-0.15, -0.1) is 0 Å². The molecule has 0 aliphatic heterocycles. The van der Waals surface area contributed by atoms with Gasteiger partial charge in [-0.05, 0) is 5.92 Å². The van der Waals surface area contributed by atoms with Gasteiger partial charge in [-0.1, -0.05) is 41.5 Å². The Balaban J connectivity index is 4.87. The molecule has 0 aliphatic carbocycles. The van der Waals surface area contributed by atoms with Gasteiger partial charge in [0.2, 0.25) is 0 Å². The van der Waals surface area contributed by atoms with Crippen molar-refractivity contribution in [3.8, 4) is 0 Å². The van der Waals surface area contributed by atoms with E-state index >= 15 is 0 Å². The molecule has 0 fully saturated rings. The zero-order chi connectivity index (χ0) is 17.5. The molecule has 0 heterocycles. The standard InChI is InChI=1S/C16H26O6/c1-10(2)14(22-13(19)8-7-12(17)18)16(5,6)9-21-15(20)11(3)4/h7-8,10-11,14H,9H2,1-6H3,(H,17,18). The topological polar surface area (TPSA) is 89.9 Å². The van der Waals surface area contributed by atoms with E-state index in [9.17, 15) is 14.4 Å². The van der Waals surface area contributed by atoms with Crippen LogP contribution in [0.2, 0.25) is 0 Å². The van der Waals surface area contributed by atoms with Crippen LogP contribution in [0, 0.1) is 17.3 Å². The molecule has 6 heteroatoms. The van der Waals surface area contributed by atoms with Crippen molar-refractivity contribution in [1.29, 1.82) is 0 Å². The van der Waals surface area contributed by atoms with Crippen molar-refractivity contribution in [3.63, 3.8) is 0 Å². The maximum Gasteiger partial charge on any atom is 0.331 e. The third-order valence-electron chi connectivity index (χ3n) is 3.04. The highest BCUT2D eigenvalue weighted by Gasteiger charge is 2.36. The fourth-order valence-electron chi connectivity index (χ4n) is 2.01. The molecule has 0 saturated carbocycles. The van der Waals surface area contributed by atoms with Gasteiger partial charge in [-0.25, -0.2) is 9.59 Å². The number of carbonyl (C=O) groups excluding carboxylic acids is 2. The summed E-state index contributed by atoms with van der Waals surface area (Å²) in [6, 6.07) is 0. The molecule has 0 aromatic carbocycles. The van der Waals surface area contributed by atoms with Crippen molar-refractivity contribution >= 4 is 17.9 Å². The van der Waals surface area contributed by atoms with Gasteiger partial charge < -0.3 is 14.6 Å². The first kappa shape index (κ1) is 20.1. The Morgan fingerprint density at radius 1 is 1.09 bits per heavy atom. The summed E-state index contributed by atoms with van der Waals surface area (Å²) in [5.41, 5.74) is -0.592. The zero-order valence-corrected chi connectivity index (χ0v) is 14.1. The minimum absolute atomic E-state index is 0.0186. The van der Waals surface area contributed by atoms with Crippen molar-refractivity contribution in [2.24, 2.45) is 17.3 Å². The van der Waals surface area contributed by atoms with Crippen molar-refractivity contribution in [2.45, 2.75) is 47.6 Å². The monoisotopic (exact) mass is 314 g/mol. The number of aliphatic carboxylic acids is 1. The Kier molecular flexibility index (Phi) is 7.84. The summed E-state index contributed by atoms with van der Waals surface area (Å²) in [5, 5.41) is 8.51. The number of hydrogen-bond donors (Lipinski definition) is 1. The number of esters is 2. The first-order chi connectivity index (χ1) is 9.97. The molecule has 1 atom stereocenters. The van der Waals surface area contributed by atoms with Crippen molar-refractivity contribution < 1.29 is 29.0 Å².